The van der Waals surface area contributed by atoms with Gasteiger partial charge < -0.3 is 29.6 Å². The molecule has 154 valence electrons. The molecule has 3 N–H and O–H groups in total. The minimum absolute atomic E-state index is 0.0869. The predicted octanol–water partition coefficient (Wildman–Crippen LogP) is 2.14. The van der Waals surface area contributed by atoms with E-state index in [0.717, 1.165) is 16.9 Å². The molecule has 0 saturated carbocycles. The number of nitrogens with one attached hydrogen (secondary N) is 2. The Bertz CT molecular complexity index is 1030. The molecule has 2 aromatic carbocycles. The first-order valence-corrected chi connectivity index (χ1v) is 9.36. The van der Waals surface area contributed by atoms with Crippen LogP contribution in [0.5, 0.6) is 11.5 Å². The van der Waals surface area contributed by atoms with Crippen molar-refractivity contribution in [1.82, 2.24) is 10.6 Å². The van der Waals surface area contributed by atoms with E-state index in [1.165, 1.54) is 0 Å². The van der Waals surface area contributed by atoms with Gasteiger partial charge in [0.1, 0.15) is 5.76 Å². The number of hydrogen-bond acceptors (Lipinski definition) is 6. The zero-order valence-corrected chi connectivity index (χ0v) is 16.0. The summed E-state index contributed by atoms with van der Waals surface area (Å²) in [5.41, 5.74) is 2.27. The molecule has 2 amide bonds. The Morgan fingerprint density at radius 2 is 1.73 bits per heavy atom. The highest BCUT2D eigenvalue weighted by molar-refractivity contribution is 6.35. The van der Waals surface area contributed by atoms with Crippen LogP contribution in [-0.2, 0) is 16.1 Å². The number of rotatable bonds is 6. The van der Waals surface area contributed by atoms with Crippen LogP contribution in [0.2, 0.25) is 0 Å². The maximum atomic E-state index is 12.0. The molecular formula is C22H20N2O6. The van der Waals surface area contributed by atoms with E-state index in [9.17, 15) is 14.7 Å². The molecule has 0 saturated heterocycles. The summed E-state index contributed by atoms with van der Waals surface area (Å²) in [5, 5.41) is 15.2. The molecular weight excluding hydrogens is 388 g/mol. The number of furan rings is 1. The molecule has 0 radical (unpaired) electrons. The van der Waals surface area contributed by atoms with Gasteiger partial charge in [-0.15, -0.1) is 0 Å². The molecule has 8 heteroatoms. The first kappa shape index (κ1) is 19.5. The van der Waals surface area contributed by atoms with Crippen LogP contribution in [0.4, 0.5) is 0 Å². The summed E-state index contributed by atoms with van der Waals surface area (Å²) >= 11 is 0. The molecule has 1 aliphatic rings. The minimum Gasteiger partial charge on any atom is -0.464 e. The van der Waals surface area contributed by atoms with E-state index < -0.39 is 17.9 Å². The van der Waals surface area contributed by atoms with Crippen LogP contribution in [0.15, 0.2) is 65.3 Å². The van der Waals surface area contributed by atoms with Crippen molar-refractivity contribution in [2.24, 2.45) is 0 Å². The van der Waals surface area contributed by atoms with Crippen LogP contribution in [0.25, 0.3) is 11.3 Å². The van der Waals surface area contributed by atoms with E-state index in [1.807, 2.05) is 18.2 Å². The minimum atomic E-state index is -0.943. The van der Waals surface area contributed by atoms with Crippen molar-refractivity contribution in [3.8, 4) is 22.8 Å². The van der Waals surface area contributed by atoms with E-state index in [2.05, 4.69) is 10.6 Å². The Hall–Kier alpha value is -3.78. The predicted molar refractivity (Wildman–Crippen MR) is 107 cm³/mol. The van der Waals surface area contributed by atoms with Crippen molar-refractivity contribution in [2.45, 2.75) is 12.6 Å². The number of aliphatic hydroxyl groups excluding tert-OH is 1. The van der Waals surface area contributed by atoms with E-state index in [4.69, 9.17) is 13.9 Å². The lowest BCUT2D eigenvalue weighted by atomic mass is 10.1. The number of aliphatic hydroxyl groups is 1. The van der Waals surface area contributed by atoms with Gasteiger partial charge in [0.2, 0.25) is 6.79 Å². The fraction of sp³-hybridized carbons (Fsp3) is 0.182. The third-order valence-electron chi connectivity index (χ3n) is 4.65. The van der Waals surface area contributed by atoms with Gasteiger partial charge in [-0.2, -0.15) is 0 Å². The molecule has 30 heavy (non-hydrogen) atoms. The molecule has 3 aromatic rings. The number of hydrogen-bond donors (Lipinski definition) is 3. The smallest absolute Gasteiger partial charge is 0.309 e. The summed E-state index contributed by atoms with van der Waals surface area (Å²) in [6.45, 7) is 0.248. The highest BCUT2D eigenvalue weighted by Crippen LogP contribution is 2.32. The SMILES string of the molecule is O=C(NCc1ccc2c(c1)OCO2)C(=O)NCC(O)c1ccc(-c2ccco2)cc1. The zero-order valence-electron chi connectivity index (χ0n) is 16.0. The molecule has 0 bridgehead atoms. The van der Waals surface area contributed by atoms with Crippen LogP contribution in [0, 0.1) is 0 Å². The highest BCUT2D eigenvalue weighted by atomic mass is 16.7. The third-order valence-corrected chi connectivity index (χ3v) is 4.65. The van der Waals surface area contributed by atoms with Crippen molar-refractivity contribution in [3.63, 3.8) is 0 Å². The van der Waals surface area contributed by atoms with E-state index in [1.54, 1.807) is 42.7 Å². The second-order valence-corrected chi connectivity index (χ2v) is 6.70. The number of amides is 2. The van der Waals surface area contributed by atoms with Crippen molar-refractivity contribution >= 4 is 11.8 Å². The van der Waals surface area contributed by atoms with Gasteiger partial charge >= 0.3 is 11.8 Å². The topological polar surface area (TPSA) is 110 Å². The molecule has 1 unspecified atom stereocenters. The maximum Gasteiger partial charge on any atom is 0.309 e. The Morgan fingerprint density at radius 3 is 2.50 bits per heavy atom. The normalized spacial score (nSPS) is 13.0. The summed E-state index contributed by atoms with van der Waals surface area (Å²) in [7, 11) is 0. The van der Waals surface area contributed by atoms with Crippen molar-refractivity contribution in [1.29, 1.82) is 0 Å². The van der Waals surface area contributed by atoms with Gasteiger partial charge in [-0.1, -0.05) is 30.3 Å². The van der Waals surface area contributed by atoms with Gasteiger partial charge in [-0.3, -0.25) is 9.59 Å². The van der Waals surface area contributed by atoms with Gasteiger partial charge in [0.05, 0.1) is 12.4 Å². The monoisotopic (exact) mass is 408 g/mol. The summed E-state index contributed by atoms with van der Waals surface area (Å²) < 4.78 is 15.8. The molecule has 2 heterocycles. The first-order chi connectivity index (χ1) is 14.6. The average molecular weight is 408 g/mol. The fourth-order valence-electron chi connectivity index (χ4n) is 3.01. The second-order valence-electron chi connectivity index (χ2n) is 6.70. The van der Waals surface area contributed by atoms with Gasteiger partial charge in [-0.05, 0) is 35.4 Å². The molecule has 0 fully saturated rings. The Balaban J connectivity index is 1.25. The Kier molecular flexibility index (Phi) is 5.67. The van der Waals surface area contributed by atoms with Crippen molar-refractivity contribution in [3.05, 3.63) is 72.0 Å². The number of carbonyl (C=O) groups is 2. The summed E-state index contributed by atoms with van der Waals surface area (Å²) in [6, 6.07) is 16.0. The van der Waals surface area contributed by atoms with Crippen LogP contribution >= 0.6 is 0 Å². The lowest BCUT2D eigenvalue weighted by molar-refractivity contribution is -0.139. The van der Waals surface area contributed by atoms with E-state index >= 15 is 0 Å². The van der Waals surface area contributed by atoms with E-state index in [0.29, 0.717) is 17.1 Å². The quantitative estimate of drug-likeness (QED) is 0.539. The second kappa shape index (κ2) is 8.71. The lowest BCUT2D eigenvalue weighted by Gasteiger charge is -2.13. The Morgan fingerprint density at radius 1 is 0.967 bits per heavy atom. The van der Waals surface area contributed by atoms with Gasteiger partial charge in [0.15, 0.2) is 11.5 Å². The Labute approximate surface area is 172 Å². The molecule has 1 atom stereocenters. The van der Waals surface area contributed by atoms with Gasteiger partial charge in [0.25, 0.3) is 0 Å². The number of ether oxygens (including phenoxy) is 2. The summed E-state index contributed by atoms with van der Waals surface area (Å²) in [6.07, 6.45) is 0.645. The van der Waals surface area contributed by atoms with Crippen molar-refractivity contribution in [2.75, 3.05) is 13.3 Å². The first-order valence-electron chi connectivity index (χ1n) is 9.36. The van der Waals surface area contributed by atoms with Gasteiger partial charge in [0, 0.05) is 18.7 Å². The summed E-state index contributed by atoms with van der Waals surface area (Å²) in [4.78, 5) is 24.0. The van der Waals surface area contributed by atoms with E-state index in [-0.39, 0.29) is 19.9 Å². The summed E-state index contributed by atoms with van der Waals surface area (Å²) in [5.74, 6) is 0.375. The molecule has 0 spiro atoms. The van der Waals surface area contributed by atoms with Crippen LogP contribution in [0.3, 0.4) is 0 Å². The maximum absolute atomic E-state index is 12.0. The number of benzene rings is 2. The highest BCUT2D eigenvalue weighted by Gasteiger charge is 2.17. The standard InChI is InChI=1S/C22H20N2O6/c25-17(15-4-6-16(7-5-15)18-2-1-9-28-18)12-24-22(27)21(26)23-11-14-3-8-19-20(10-14)30-13-29-19/h1-10,17,25H,11-13H2,(H,23,26)(H,24,27). The third kappa shape index (κ3) is 4.44. The average Bonchev–Trinajstić information content (AvgIpc) is 3.47. The zero-order chi connectivity index (χ0) is 20.9. The van der Waals surface area contributed by atoms with Crippen LogP contribution in [-0.4, -0.2) is 30.3 Å². The molecule has 1 aromatic heterocycles. The van der Waals surface area contributed by atoms with Gasteiger partial charge in [-0.25, -0.2) is 0 Å². The van der Waals surface area contributed by atoms with Crippen LogP contribution in [0.1, 0.15) is 17.2 Å². The molecule has 0 aliphatic carbocycles. The van der Waals surface area contributed by atoms with Crippen LogP contribution < -0.4 is 20.1 Å². The number of carbonyl (C=O) groups excluding carboxylic acids is 2. The molecule has 1 aliphatic heterocycles. The largest absolute Gasteiger partial charge is 0.464 e. The fourth-order valence-corrected chi connectivity index (χ4v) is 3.01. The van der Waals surface area contributed by atoms with Crippen molar-refractivity contribution < 1.29 is 28.6 Å². The molecule has 4 rings (SSSR count). The number of fused-ring (bicyclic) bond motifs is 1. The lowest BCUT2D eigenvalue weighted by Crippen LogP contribution is -2.41. The molecule has 8 nitrogen and oxygen atoms in total.